The normalized spacial score (nSPS) is 18.4. The third-order valence-electron chi connectivity index (χ3n) is 4.35. The molecule has 2 rings (SSSR count). The summed E-state index contributed by atoms with van der Waals surface area (Å²) in [6.45, 7) is 11.1. The van der Waals surface area contributed by atoms with Crippen LogP contribution in [-0.2, 0) is 6.54 Å². The highest BCUT2D eigenvalue weighted by atomic mass is 32.1. The van der Waals surface area contributed by atoms with Crippen LogP contribution in [0.2, 0.25) is 0 Å². The summed E-state index contributed by atoms with van der Waals surface area (Å²) in [7, 11) is 0. The maximum atomic E-state index is 4.61. The Labute approximate surface area is 122 Å². The zero-order chi connectivity index (χ0) is 13.9. The Kier molecular flexibility index (Phi) is 5.02. The van der Waals surface area contributed by atoms with Gasteiger partial charge in [0.25, 0.3) is 0 Å². The fraction of sp³-hybridized carbons (Fsp3) is 0.812. The number of thiazole rings is 1. The van der Waals surface area contributed by atoms with E-state index in [0.29, 0.717) is 5.41 Å². The second-order valence-corrected chi connectivity index (χ2v) is 7.95. The second-order valence-electron chi connectivity index (χ2n) is 6.66. The molecule has 1 aromatic rings. The van der Waals surface area contributed by atoms with E-state index >= 15 is 0 Å². The third kappa shape index (κ3) is 4.03. The van der Waals surface area contributed by atoms with Crippen molar-refractivity contribution in [3.8, 4) is 0 Å². The minimum absolute atomic E-state index is 0.565. The molecule has 1 fully saturated rings. The van der Waals surface area contributed by atoms with Crippen molar-refractivity contribution >= 4 is 11.3 Å². The Morgan fingerprint density at radius 3 is 2.47 bits per heavy atom. The molecule has 1 aliphatic rings. The first-order valence-corrected chi connectivity index (χ1v) is 8.46. The molecule has 0 aliphatic heterocycles. The van der Waals surface area contributed by atoms with E-state index in [1.165, 1.54) is 54.2 Å². The van der Waals surface area contributed by atoms with Gasteiger partial charge in [-0.15, -0.1) is 11.3 Å². The van der Waals surface area contributed by atoms with E-state index in [9.17, 15) is 0 Å². The summed E-state index contributed by atoms with van der Waals surface area (Å²) in [6.07, 6.45) is 7.03. The molecule has 1 aromatic heterocycles. The van der Waals surface area contributed by atoms with Crippen LogP contribution in [0.25, 0.3) is 0 Å². The fourth-order valence-corrected chi connectivity index (χ4v) is 4.40. The Morgan fingerprint density at radius 1 is 1.26 bits per heavy atom. The Hall–Kier alpha value is -0.410. The van der Waals surface area contributed by atoms with Crippen LogP contribution in [0.4, 0.5) is 0 Å². The molecule has 0 saturated heterocycles. The highest BCUT2D eigenvalue weighted by Gasteiger charge is 2.33. The van der Waals surface area contributed by atoms with Crippen molar-refractivity contribution in [3.05, 3.63) is 15.6 Å². The molecule has 0 atom stereocenters. The van der Waals surface area contributed by atoms with Crippen molar-refractivity contribution in [1.82, 2.24) is 10.3 Å². The van der Waals surface area contributed by atoms with E-state index in [0.717, 1.165) is 12.5 Å². The van der Waals surface area contributed by atoms with Crippen LogP contribution >= 0.6 is 11.3 Å². The van der Waals surface area contributed by atoms with Crippen LogP contribution in [0, 0.1) is 25.2 Å². The van der Waals surface area contributed by atoms with Crippen molar-refractivity contribution in [3.63, 3.8) is 0 Å². The number of aromatic nitrogens is 1. The standard InChI is InChI=1S/C16H28N2S/c1-12(2)9-16(7-5-6-8-16)11-17-10-15-18-13(3)14(4)19-15/h12,17H,5-11H2,1-4H3. The van der Waals surface area contributed by atoms with Crippen molar-refractivity contribution in [2.75, 3.05) is 6.54 Å². The number of nitrogens with one attached hydrogen (secondary N) is 1. The first-order chi connectivity index (χ1) is 9.01. The zero-order valence-electron chi connectivity index (χ0n) is 12.9. The summed E-state index contributed by atoms with van der Waals surface area (Å²) in [5.74, 6) is 0.809. The van der Waals surface area contributed by atoms with Gasteiger partial charge in [0, 0.05) is 18.0 Å². The van der Waals surface area contributed by atoms with Gasteiger partial charge in [-0.3, -0.25) is 0 Å². The molecule has 19 heavy (non-hydrogen) atoms. The van der Waals surface area contributed by atoms with Gasteiger partial charge >= 0.3 is 0 Å². The first-order valence-electron chi connectivity index (χ1n) is 7.64. The largest absolute Gasteiger partial charge is 0.310 e. The van der Waals surface area contributed by atoms with Crippen LogP contribution in [0.3, 0.4) is 0 Å². The predicted octanol–water partition coefficient (Wildman–Crippen LogP) is 4.46. The maximum absolute atomic E-state index is 4.61. The highest BCUT2D eigenvalue weighted by molar-refractivity contribution is 7.11. The predicted molar refractivity (Wildman–Crippen MR) is 83.7 cm³/mol. The smallest absolute Gasteiger partial charge is 0.107 e. The van der Waals surface area contributed by atoms with E-state index in [1.54, 1.807) is 0 Å². The van der Waals surface area contributed by atoms with E-state index in [-0.39, 0.29) is 0 Å². The van der Waals surface area contributed by atoms with E-state index < -0.39 is 0 Å². The summed E-state index contributed by atoms with van der Waals surface area (Å²) >= 11 is 1.84. The lowest BCUT2D eigenvalue weighted by Gasteiger charge is -2.31. The molecule has 2 nitrogen and oxygen atoms in total. The second kappa shape index (κ2) is 6.36. The number of aryl methyl sites for hydroxylation is 2. The van der Waals surface area contributed by atoms with Crippen LogP contribution < -0.4 is 5.32 Å². The van der Waals surface area contributed by atoms with Crippen molar-refractivity contribution in [2.24, 2.45) is 11.3 Å². The number of nitrogens with zero attached hydrogens (tertiary/aromatic N) is 1. The number of hydrogen-bond acceptors (Lipinski definition) is 3. The molecule has 3 heteroatoms. The summed E-state index contributed by atoms with van der Waals surface area (Å²) in [4.78, 5) is 5.97. The molecule has 108 valence electrons. The van der Waals surface area contributed by atoms with Gasteiger partial charge in [-0.2, -0.15) is 0 Å². The van der Waals surface area contributed by atoms with Gasteiger partial charge in [0.2, 0.25) is 0 Å². The molecule has 1 saturated carbocycles. The lowest BCUT2D eigenvalue weighted by molar-refractivity contribution is 0.223. The fourth-order valence-electron chi connectivity index (χ4n) is 3.49. The van der Waals surface area contributed by atoms with Crippen molar-refractivity contribution < 1.29 is 0 Å². The molecule has 1 heterocycles. The lowest BCUT2D eigenvalue weighted by Crippen LogP contribution is -2.33. The summed E-state index contributed by atoms with van der Waals surface area (Å²) in [6, 6.07) is 0. The molecule has 0 spiro atoms. The van der Waals surface area contributed by atoms with E-state index in [4.69, 9.17) is 0 Å². The third-order valence-corrected chi connectivity index (χ3v) is 5.43. The molecular weight excluding hydrogens is 252 g/mol. The van der Waals surface area contributed by atoms with Crippen LogP contribution in [0.5, 0.6) is 0 Å². The van der Waals surface area contributed by atoms with Crippen molar-refractivity contribution in [2.45, 2.75) is 66.3 Å². The molecule has 0 aromatic carbocycles. The van der Waals surface area contributed by atoms with Gasteiger partial charge in [-0.05, 0) is 44.4 Å². The van der Waals surface area contributed by atoms with Crippen LogP contribution in [-0.4, -0.2) is 11.5 Å². The Balaban J connectivity index is 1.85. The summed E-state index contributed by atoms with van der Waals surface area (Å²) in [5, 5.41) is 4.92. The van der Waals surface area contributed by atoms with Crippen molar-refractivity contribution in [1.29, 1.82) is 0 Å². The van der Waals surface area contributed by atoms with Gasteiger partial charge in [-0.1, -0.05) is 26.7 Å². The van der Waals surface area contributed by atoms with Crippen LogP contribution in [0.15, 0.2) is 0 Å². The summed E-state index contributed by atoms with van der Waals surface area (Å²) < 4.78 is 0. The average molecular weight is 280 g/mol. The van der Waals surface area contributed by atoms with Gasteiger partial charge < -0.3 is 5.32 Å². The molecular formula is C16H28N2S. The number of hydrogen-bond donors (Lipinski definition) is 1. The molecule has 0 radical (unpaired) electrons. The zero-order valence-corrected chi connectivity index (χ0v) is 13.7. The molecule has 1 N–H and O–H groups in total. The lowest BCUT2D eigenvalue weighted by atomic mass is 9.78. The summed E-state index contributed by atoms with van der Waals surface area (Å²) in [5.41, 5.74) is 1.76. The monoisotopic (exact) mass is 280 g/mol. The minimum Gasteiger partial charge on any atom is -0.310 e. The van der Waals surface area contributed by atoms with Gasteiger partial charge in [-0.25, -0.2) is 4.98 Å². The van der Waals surface area contributed by atoms with Gasteiger partial charge in [0.05, 0.1) is 5.69 Å². The number of rotatable bonds is 6. The molecule has 1 aliphatic carbocycles. The molecule has 0 bridgehead atoms. The van der Waals surface area contributed by atoms with Crippen LogP contribution in [0.1, 0.15) is 61.5 Å². The molecule has 0 amide bonds. The average Bonchev–Trinajstić information content (AvgIpc) is 2.87. The van der Waals surface area contributed by atoms with E-state index in [1.807, 2.05) is 11.3 Å². The quantitative estimate of drug-likeness (QED) is 0.832. The highest BCUT2D eigenvalue weighted by Crippen LogP contribution is 2.42. The minimum atomic E-state index is 0.565. The van der Waals surface area contributed by atoms with Gasteiger partial charge in [0.15, 0.2) is 0 Å². The SMILES string of the molecule is Cc1nc(CNCC2(CC(C)C)CCCC2)sc1C. The molecule has 0 unspecified atom stereocenters. The maximum Gasteiger partial charge on any atom is 0.107 e. The topological polar surface area (TPSA) is 24.9 Å². The van der Waals surface area contributed by atoms with E-state index in [2.05, 4.69) is 38.0 Å². The van der Waals surface area contributed by atoms with Gasteiger partial charge in [0.1, 0.15) is 5.01 Å². The Bertz CT molecular complexity index is 383. The Morgan fingerprint density at radius 2 is 1.95 bits per heavy atom. The first kappa shape index (κ1) is 15.0.